The molecule has 204 valence electrons. The van der Waals surface area contributed by atoms with Crippen LogP contribution >= 0.6 is 0 Å². The molecular weight excluding hydrogens is 504 g/mol. The van der Waals surface area contributed by atoms with E-state index < -0.39 is 58.0 Å². The molecular formula is C29H30N2O8. The number of aliphatic hydroxyl groups is 3. The first-order valence-electron chi connectivity index (χ1n) is 12.6. The number of amides is 1. The van der Waals surface area contributed by atoms with E-state index in [1.807, 2.05) is 0 Å². The Morgan fingerprint density at radius 1 is 1.03 bits per heavy atom. The van der Waals surface area contributed by atoms with Crippen molar-refractivity contribution in [1.82, 2.24) is 4.90 Å². The molecule has 2 aromatic carbocycles. The van der Waals surface area contributed by atoms with Gasteiger partial charge < -0.3 is 31.3 Å². The summed E-state index contributed by atoms with van der Waals surface area (Å²) in [5.74, 6) is -6.52. The highest BCUT2D eigenvalue weighted by atomic mass is 16.3. The highest BCUT2D eigenvalue weighted by Crippen LogP contribution is 2.52. The number of carbonyl (C=O) groups is 3. The zero-order chi connectivity index (χ0) is 28.4. The summed E-state index contributed by atoms with van der Waals surface area (Å²) in [6.45, 7) is 0. The van der Waals surface area contributed by atoms with Crippen LogP contribution in [0.5, 0.6) is 11.5 Å². The number of nitrogens with zero attached hydrogens (tertiary/aromatic N) is 1. The zero-order valence-electron chi connectivity index (χ0n) is 21.5. The van der Waals surface area contributed by atoms with E-state index in [1.165, 1.54) is 11.0 Å². The zero-order valence-corrected chi connectivity index (χ0v) is 21.5. The van der Waals surface area contributed by atoms with Gasteiger partial charge in [-0.15, -0.1) is 0 Å². The molecule has 39 heavy (non-hydrogen) atoms. The van der Waals surface area contributed by atoms with Crippen LogP contribution in [0.1, 0.15) is 33.5 Å². The molecule has 0 aliphatic heterocycles. The van der Waals surface area contributed by atoms with Crippen LogP contribution in [0, 0.1) is 11.8 Å². The number of carbonyl (C=O) groups excluding carboxylic acids is 3. The van der Waals surface area contributed by atoms with Crippen molar-refractivity contribution in [2.24, 2.45) is 17.6 Å². The van der Waals surface area contributed by atoms with Crippen molar-refractivity contribution in [1.29, 1.82) is 0 Å². The molecule has 0 heterocycles. The van der Waals surface area contributed by atoms with E-state index in [-0.39, 0.29) is 35.5 Å². The summed E-state index contributed by atoms with van der Waals surface area (Å²) in [7, 11) is 3.18. The van der Waals surface area contributed by atoms with Crippen LogP contribution < -0.4 is 5.73 Å². The number of hydrogen-bond donors (Lipinski definition) is 6. The van der Waals surface area contributed by atoms with E-state index >= 15 is 0 Å². The molecule has 0 spiro atoms. The van der Waals surface area contributed by atoms with Crippen molar-refractivity contribution in [3.63, 3.8) is 0 Å². The van der Waals surface area contributed by atoms with Gasteiger partial charge in [-0.25, -0.2) is 0 Å². The smallest absolute Gasteiger partial charge is 0.255 e. The van der Waals surface area contributed by atoms with E-state index in [2.05, 4.69) is 0 Å². The van der Waals surface area contributed by atoms with Crippen molar-refractivity contribution in [2.75, 3.05) is 14.1 Å². The summed E-state index contributed by atoms with van der Waals surface area (Å²) < 4.78 is 0. The van der Waals surface area contributed by atoms with Crippen LogP contribution in [0.15, 0.2) is 59.1 Å². The summed E-state index contributed by atoms with van der Waals surface area (Å²) in [5.41, 5.74) is 4.10. The lowest BCUT2D eigenvalue weighted by Gasteiger charge is -2.50. The van der Waals surface area contributed by atoms with Crippen LogP contribution in [-0.4, -0.2) is 73.6 Å². The molecule has 4 atom stereocenters. The topological polar surface area (TPSA) is 182 Å². The number of nitrogens with two attached hydrogens (primary N) is 1. The number of allylic oxidation sites excluding steroid dienone is 1. The maximum atomic E-state index is 13.8. The quantitative estimate of drug-likeness (QED) is 0.311. The lowest BCUT2D eigenvalue weighted by molar-refractivity contribution is -0.148. The van der Waals surface area contributed by atoms with E-state index in [0.29, 0.717) is 18.4 Å². The number of primary amides is 1. The van der Waals surface area contributed by atoms with Gasteiger partial charge in [0.1, 0.15) is 28.6 Å². The molecule has 5 rings (SSSR count). The SMILES string of the molecule is CN(C)[C@@H]1C(O)=C(C(N)=O)C(=O)[C@@]2(O)C(O)=C3C(=O)c4c(O)ccc(CCc5ccc(O)cc5)c4C[C@H]3C[C@@H]12. The fraction of sp³-hybridized carbons (Fsp3) is 0.345. The van der Waals surface area contributed by atoms with E-state index in [4.69, 9.17) is 5.73 Å². The van der Waals surface area contributed by atoms with Gasteiger partial charge in [0, 0.05) is 11.5 Å². The summed E-state index contributed by atoms with van der Waals surface area (Å²) in [6.07, 6.45) is 1.43. The van der Waals surface area contributed by atoms with Crippen LogP contribution in [0.2, 0.25) is 0 Å². The summed E-state index contributed by atoms with van der Waals surface area (Å²) in [4.78, 5) is 40.7. The number of rotatable bonds is 5. The number of aromatic hydroxyl groups is 2. The Morgan fingerprint density at radius 2 is 1.69 bits per heavy atom. The van der Waals surface area contributed by atoms with Gasteiger partial charge in [-0.05, 0) is 80.6 Å². The highest BCUT2D eigenvalue weighted by Gasteiger charge is 2.63. The summed E-state index contributed by atoms with van der Waals surface area (Å²) in [5, 5.41) is 54.1. The first kappa shape index (κ1) is 26.5. The molecule has 10 heteroatoms. The van der Waals surface area contributed by atoms with Gasteiger partial charge in [0.15, 0.2) is 11.4 Å². The number of benzene rings is 2. The number of fused-ring (bicyclic) bond motifs is 3. The fourth-order valence-electron chi connectivity index (χ4n) is 6.49. The second-order valence-corrected chi connectivity index (χ2v) is 10.7. The molecule has 0 fully saturated rings. The van der Waals surface area contributed by atoms with Gasteiger partial charge in [0.05, 0.1) is 11.6 Å². The minimum absolute atomic E-state index is 0.000937. The first-order chi connectivity index (χ1) is 18.4. The highest BCUT2D eigenvalue weighted by molar-refractivity contribution is 6.24. The molecule has 2 aromatic rings. The molecule has 0 saturated carbocycles. The number of phenolic OH excluding ortho intramolecular Hbond substituents is 2. The Bertz CT molecular complexity index is 1470. The van der Waals surface area contributed by atoms with E-state index in [9.17, 15) is 39.9 Å². The Hall–Kier alpha value is -4.15. The van der Waals surface area contributed by atoms with Gasteiger partial charge >= 0.3 is 0 Å². The first-order valence-corrected chi connectivity index (χ1v) is 12.6. The summed E-state index contributed by atoms with van der Waals surface area (Å²) in [6, 6.07) is 8.90. The van der Waals surface area contributed by atoms with Crippen molar-refractivity contribution in [3.05, 3.63) is 81.3 Å². The molecule has 0 aromatic heterocycles. The third-order valence-corrected chi connectivity index (χ3v) is 8.32. The molecule has 1 amide bonds. The molecule has 0 bridgehead atoms. The normalized spacial score (nSPS) is 26.4. The Labute approximate surface area is 224 Å². The monoisotopic (exact) mass is 534 g/mol. The van der Waals surface area contributed by atoms with Crippen molar-refractivity contribution < 1.29 is 39.9 Å². The Morgan fingerprint density at radius 3 is 2.31 bits per heavy atom. The Balaban J connectivity index is 1.60. The molecule has 0 saturated heterocycles. The number of hydrogen-bond acceptors (Lipinski definition) is 9. The molecule has 0 unspecified atom stereocenters. The largest absolute Gasteiger partial charge is 0.510 e. The average Bonchev–Trinajstić information content (AvgIpc) is 2.86. The summed E-state index contributed by atoms with van der Waals surface area (Å²) >= 11 is 0. The maximum Gasteiger partial charge on any atom is 0.255 e. The number of likely N-dealkylation sites (N-methyl/N-ethyl adjacent to an activating group) is 1. The Kier molecular flexibility index (Phi) is 6.27. The fourth-order valence-corrected chi connectivity index (χ4v) is 6.49. The molecule has 0 radical (unpaired) electrons. The number of Topliss-reactive ketones (excluding diaryl/α,β-unsaturated/α-hetero) is 2. The molecule has 3 aliphatic rings. The van der Waals surface area contributed by atoms with Crippen LogP contribution in [-0.2, 0) is 28.9 Å². The lowest BCUT2D eigenvalue weighted by Crippen LogP contribution is -2.63. The number of phenols is 2. The van der Waals surface area contributed by atoms with E-state index in [0.717, 1.165) is 11.1 Å². The second kappa shape index (κ2) is 9.25. The number of aryl methyl sites for hydroxylation is 2. The van der Waals surface area contributed by atoms with Crippen LogP contribution in [0.25, 0.3) is 0 Å². The van der Waals surface area contributed by atoms with E-state index in [1.54, 1.807) is 44.4 Å². The van der Waals surface area contributed by atoms with Crippen LogP contribution in [0.4, 0.5) is 0 Å². The minimum Gasteiger partial charge on any atom is -0.510 e. The van der Waals surface area contributed by atoms with Crippen molar-refractivity contribution >= 4 is 17.5 Å². The second-order valence-electron chi connectivity index (χ2n) is 10.7. The average molecular weight is 535 g/mol. The molecule has 3 aliphatic carbocycles. The van der Waals surface area contributed by atoms with Crippen LogP contribution in [0.3, 0.4) is 0 Å². The molecule has 7 N–H and O–H groups in total. The molecule has 10 nitrogen and oxygen atoms in total. The number of aliphatic hydroxyl groups excluding tert-OH is 2. The standard InChI is InChI=1S/C29H30N2O8/c1-31(2)23-18-12-15-11-17-14(6-3-13-4-8-16(32)9-5-13)7-10-19(33)21(17)24(34)20(15)26(36)29(18,39)27(37)22(25(23)35)28(30)38/h4-5,7-10,15,18,23,32-33,35-36,39H,3,6,11-12H2,1-2H3,(H2,30,38)/t15-,18-,23-,29-/m0/s1. The lowest BCUT2D eigenvalue weighted by atomic mass is 9.58. The van der Waals surface area contributed by atoms with Crippen molar-refractivity contribution in [2.45, 2.75) is 37.3 Å². The van der Waals surface area contributed by atoms with Gasteiger partial charge in [0.2, 0.25) is 5.78 Å². The van der Waals surface area contributed by atoms with Gasteiger partial charge in [0.25, 0.3) is 5.91 Å². The minimum atomic E-state index is -2.66. The van der Waals surface area contributed by atoms with Crippen molar-refractivity contribution in [3.8, 4) is 11.5 Å². The number of ketones is 2. The van der Waals surface area contributed by atoms with Gasteiger partial charge in [-0.2, -0.15) is 0 Å². The third kappa shape index (κ3) is 3.90. The predicted molar refractivity (Wildman–Crippen MR) is 139 cm³/mol. The third-order valence-electron chi connectivity index (χ3n) is 8.32. The van der Waals surface area contributed by atoms with Gasteiger partial charge in [-0.3, -0.25) is 19.3 Å². The predicted octanol–water partition coefficient (Wildman–Crippen LogP) is 1.61. The maximum absolute atomic E-state index is 13.8. The van der Waals surface area contributed by atoms with Gasteiger partial charge in [-0.1, -0.05) is 18.2 Å².